The predicted octanol–water partition coefficient (Wildman–Crippen LogP) is -0.756. The maximum atomic E-state index is 8.60. The number of nitrogens with zero attached hydrogens (tertiary/aromatic N) is 1. The van der Waals surface area contributed by atoms with Gasteiger partial charge in [0.2, 0.25) is 0 Å². The lowest BCUT2D eigenvalue weighted by atomic mass is 10.00. The second-order valence-electron chi connectivity index (χ2n) is 5.25. The Balaban J connectivity index is 0.000000505. The normalized spacial score (nSPS) is 15.8. The highest BCUT2D eigenvalue weighted by molar-refractivity contribution is 5.66. The fourth-order valence-electron chi connectivity index (χ4n) is 2.32. The highest BCUT2D eigenvalue weighted by atomic mass is 35.7. The van der Waals surface area contributed by atoms with Gasteiger partial charge in [-0.15, -0.1) is 0 Å². The molecule has 0 spiro atoms. The van der Waals surface area contributed by atoms with Crippen LogP contribution in [-0.2, 0) is 4.74 Å². The van der Waals surface area contributed by atoms with Crippen molar-refractivity contribution < 1.29 is 33.6 Å². The average Bonchev–Trinajstić information content (AvgIpc) is 2.55. The zero-order valence-electron chi connectivity index (χ0n) is 13.8. The maximum Gasteiger partial charge on any atom is 0.0777 e. The van der Waals surface area contributed by atoms with E-state index in [1.165, 1.54) is 11.1 Å². The SMILES string of the molecule is COCC/C=C/CN1CC=C(c2ccccc2)CC1.[O-][Cl+3]([O-])([O-])O. The van der Waals surface area contributed by atoms with Gasteiger partial charge in [0, 0.05) is 33.4 Å². The minimum atomic E-state index is -4.69. The van der Waals surface area contributed by atoms with Crippen molar-refractivity contribution in [2.75, 3.05) is 33.4 Å². The minimum absolute atomic E-state index is 0.814. The fourth-order valence-corrected chi connectivity index (χ4v) is 2.32. The molecule has 0 bridgehead atoms. The molecular weight excluding hydrogens is 334 g/mol. The van der Waals surface area contributed by atoms with Crippen LogP contribution >= 0.6 is 0 Å². The molecule has 0 unspecified atom stereocenters. The molecule has 24 heavy (non-hydrogen) atoms. The van der Waals surface area contributed by atoms with Gasteiger partial charge in [-0.3, -0.25) is 4.90 Å². The maximum absolute atomic E-state index is 8.60. The monoisotopic (exact) mass is 357 g/mol. The third-order valence-electron chi connectivity index (χ3n) is 3.46. The molecule has 7 heteroatoms. The zero-order valence-corrected chi connectivity index (χ0v) is 14.5. The van der Waals surface area contributed by atoms with Crippen molar-refractivity contribution in [2.45, 2.75) is 12.8 Å². The van der Waals surface area contributed by atoms with Gasteiger partial charge in [0.1, 0.15) is 0 Å². The summed E-state index contributed by atoms with van der Waals surface area (Å²) in [5.41, 5.74) is 2.86. The van der Waals surface area contributed by atoms with Gasteiger partial charge in [-0.1, -0.05) is 48.6 Å². The Kier molecular flexibility index (Phi) is 9.82. The third kappa shape index (κ3) is 10.5. The molecule has 6 nitrogen and oxygen atoms in total. The molecule has 134 valence electrons. The van der Waals surface area contributed by atoms with E-state index in [2.05, 4.69) is 53.5 Å². The first-order chi connectivity index (χ1) is 11.4. The van der Waals surface area contributed by atoms with Crippen LogP contribution in [0.2, 0.25) is 0 Å². The predicted molar refractivity (Wildman–Crippen MR) is 83.3 cm³/mol. The van der Waals surface area contributed by atoms with E-state index in [4.69, 9.17) is 23.4 Å². The van der Waals surface area contributed by atoms with E-state index in [1.54, 1.807) is 7.11 Å². The quantitative estimate of drug-likeness (QED) is 0.530. The third-order valence-corrected chi connectivity index (χ3v) is 3.46. The summed E-state index contributed by atoms with van der Waals surface area (Å²) in [6, 6.07) is 10.7. The fraction of sp³-hybridized carbons (Fsp3) is 0.412. The molecule has 0 saturated carbocycles. The second kappa shape index (κ2) is 11.3. The molecule has 0 saturated heterocycles. The van der Waals surface area contributed by atoms with Crippen LogP contribution in [0.3, 0.4) is 0 Å². The largest absolute Gasteiger partial charge is 0.384 e. The molecule has 1 aromatic carbocycles. The van der Waals surface area contributed by atoms with E-state index in [0.29, 0.717) is 0 Å². The van der Waals surface area contributed by atoms with Crippen LogP contribution in [0.5, 0.6) is 0 Å². The van der Waals surface area contributed by atoms with Gasteiger partial charge in [0.25, 0.3) is 0 Å². The number of rotatable bonds is 6. The summed E-state index contributed by atoms with van der Waals surface area (Å²) in [4.78, 5) is 2.47. The van der Waals surface area contributed by atoms with Crippen LogP contribution in [0.4, 0.5) is 0 Å². The van der Waals surface area contributed by atoms with Crippen LogP contribution < -0.4 is 14.0 Å². The molecule has 1 aliphatic rings. The van der Waals surface area contributed by atoms with Crippen LogP contribution in [0.1, 0.15) is 18.4 Å². The summed E-state index contributed by atoms with van der Waals surface area (Å²) in [5.74, 6) is 0. The van der Waals surface area contributed by atoms with Crippen molar-refractivity contribution in [3.05, 3.63) is 54.1 Å². The van der Waals surface area contributed by atoms with Gasteiger partial charge < -0.3 is 4.74 Å². The molecule has 1 heterocycles. The van der Waals surface area contributed by atoms with Crippen molar-refractivity contribution in [3.8, 4) is 0 Å². The summed E-state index contributed by atoms with van der Waals surface area (Å²) < 4.78 is 37.7. The molecular formula is C17H24ClNO5. The molecule has 2 rings (SSSR count). The van der Waals surface area contributed by atoms with Crippen molar-refractivity contribution in [3.63, 3.8) is 0 Å². The Bertz CT molecular complexity index is 507. The molecule has 1 aliphatic heterocycles. The van der Waals surface area contributed by atoms with Crippen molar-refractivity contribution in [1.29, 1.82) is 0 Å². The molecule has 0 atom stereocenters. The van der Waals surface area contributed by atoms with E-state index in [-0.39, 0.29) is 0 Å². The minimum Gasteiger partial charge on any atom is -0.384 e. The molecule has 0 aliphatic carbocycles. The van der Waals surface area contributed by atoms with Gasteiger partial charge >= 0.3 is 0 Å². The summed E-state index contributed by atoms with van der Waals surface area (Å²) in [7, 11) is -2.95. The lowest BCUT2D eigenvalue weighted by Crippen LogP contribution is -2.58. The van der Waals surface area contributed by atoms with Gasteiger partial charge in [0.15, 0.2) is 0 Å². The number of hydrogen-bond donors (Lipinski definition) is 1. The number of halogens is 1. The molecule has 1 aromatic rings. The Morgan fingerprint density at radius 3 is 2.42 bits per heavy atom. The number of ether oxygens (including phenoxy) is 1. The summed E-state index contributed by atoms with van der Waals surface area (Å²) in [6.07, 6.45) is 8.98. The van der Waals surface area contributed by atoms with Crippen molar-refractivity contribution in [2.24, 2.45) is 0 Å². The lowest BCUT2D eigenvalue weighted by molar-refractivity contribution is -1.92. The van der Waals surface area contributed by atoms with E-state index in [0.717, 1.165) is 39.1 Å². The van der Waals surface area contributed by atoms with E-state index in [9.17, 15) is 0 Å². The first-order valence-electron chi connectivity index (χ1n) is 7.64. The number of hydrogen-bond acceptors (Lipinski definition) is 6. The zero-order chi connectivity index (χ0) is 17.8. The van der Waals surface area contributed by atoms with Gasteiger partial charge in [0.05, 0.1) is 14.9 Å². The van der Waals surface area contributed by atoms with E-state index in [1.807, 2.05) is 0 Å². The molecule has 0 fully saturated rings. The topological polar surface area (TPSA) is 102 Å². The van der Waals surface area contributed by atoms with Crippen LogP contribution in [0.15, 0.2) is 48.6 Å². The van der Waals surface area contributed by atoms with Crippen LogP contribution in [0, 0.1) is 10.2 Å². The average molecular weight is 358 g/mol. The van der Waals surface area contributed by atoms with Gasteiger partial charge in [-0.05, 0) is 24.0 Å². The Hall–Kier alpha value is -1.25. The smallest absolute Gasteiger partial charge is 0.0777 e. The first-order valence-corrected chi connectivity index (χ1v) is 8.90. The Morgan fingerprint density at radius 2 is 1.88 bits per heavy atom. The number of benzene rings is 1. The highest BCUT2D eigenvalue weighted by Gasteiger charge is 2.11. The number of methoxy groups -OCH3 is 1. The van der Waals surface area contributed by atoms with Crippen molar-refractivity contribution >= 4 is 5.57 Å². The van der Waals surface area contributed by atoms with Gasteiger partial charge in [-0.25, -0.2) is 0 Å². The molecule has 0 radical (unpaired) electrons. The summed E-state index contributed by atoms with van der Waals surface area (Å²) >= 11 is 0. The Morgan fingerprint density at radius 1 is 1.21 bits per heavy atom. The van der Waals surface area contributed by atoms with E-state index >= 15 is 0 Å². The Labute approximate surface area is 145 Å². The lowest BCUT2D eigenvalue weighted by Gasteiger charge is -2.25. The standard InChI is InChI=1S/C17H23NO.ClHO4/c1-19-15-7-3-6-12-18-13-10-17(11-14-18)16-8-4-2-5-9-16;2-1(3,4)5/h2-6,8-10H,7,11-15H2,1H3;(H,2,3,4,5)/b6-3+;. The first kappa shape index (κ1) is 20.8. The van der Waals surface area contributed by atoms with Gasteiger partial charge in [-0.2, -0.15) is 14.0 Å². The van der Waals surface area contributed by atoms with E-state index < -0.39 is 10.2 Å². The van der Waals surface area contributed by atoms with Crippen LogP contribution in [-0.4, -0.2) is 42.9 Å². The summed E-state index contributed by atoms with van der Waals surface area (Å²) in [6.45, 7) is 4.06. The molecule has 0 amide bonds. The molecule has 1 N–H and O–H groups in total. The summed E-state index contributed by atoms with van der Waals surface area (Å²) in [5, 5.41) is 0. The highest BCUT2D eigenvalue weighted by Crippen LogP contribution is 2.21. The molecule has 0 aromatic heterocycles. The van der Waals surface area contributed by atoms with Crippen molar-refractivity contribution in [1.82, 2.24) is 4.90 Å². The van der Waals surface area contributed by atoms with Crippen LogP contribution in [0.25, 0.3) is 5.57 Å². The second-order valence-corrected chi connectivity index (χ2v) is 6.05.